The average Bonchev–Trinajstić information content (AvgIpc) is 2.59. The van der Waals surface area contributed by atoms with E-state index in [-0.39, 0.29) is 24.1 Å². The first-order valence-corrected chi connectivity index (χ1v) is 8.02. The molecule has 4 nitrogen and oxygen atoms in total. The molecule has 2 N–H and O–H groups in total. The number of hydrogen-bond donors (Lipinski definition) is 2. The SMILES string of the molecule is CCCNC(=O)c1ccccc1NC(=O)CCc1ccccc1F. The monoisotopic (exact) mass is 328 g/mol. The van der Waals surface area contributed by atoms with Gasteiger partial charge in [0.1, 0.15) is 5.82 Å². The number of benzene rings is 2. The summed E-state index contributed by atoms with van der Waals surface area (Å²) in [4.78, 5) is 24.2. The number of anilines is 1. The van der Waals surface area contributed by atoms with E-state index in [1.54, 1.807) is 42.5 Å². The van der Waals surface area contributed by atoms with E-state index in [0.717, 1.165) is 6.42 Å². The number of carbonyl (C=O) groups excluding carboxylic acids is 2. The van der Waals surface area contributed by atoms with Crippen molar-refractivity contribution in [3.05, 3.63) is 65.5 Å². The van der Waals surface area contributed by atoms with Crippen molar-refractivity contribution in [2.75, 3.05) is 11.9 Å². The molecule has 24 heavy (non-hydrogen) atoms. The third kappa shape index (κ3) is 4.91. The second-order valence-electron chi connectivity index (χ2n) is 5.44. The van der Waals surface area contributed by atoms with Crippen molar-refractivity contribution in [3.63, 3.8) is 0 Å². The van der Waals surface area contributed by atoms with E-state index in [1.165, 1.54) is 6.07 Å². The third-order valence-electron chi connectivity index (χ3n) is 3.56. The first-order valence-electron chi connectivity index (χ1n) is 8.02. The van der Waals surface area contributed by atoms with Crippen molar-refractivity contribution in [2.45, 2.75) is 26.2 Å². The Bertz CT molecular complexity index is 716. The number of aryl methyl sites for hydroxylation is 1. The lowest BCUT2D eigenvalue weighted by molar-refractivity contribution is -0.116. The molecule has 2 amide bonds. The summed E-state index contributed by atoms with van der Waals surface area (Å²) in [6, 6.07) is 13.2. The standard InChI is InChI=1S/C19H21FN2O2/c1-2-13-21-19(24)15-8-4-6-10-17(15)22-18(23)12-11-14-7-3-5-9-16(14)20/h3-10H,2,11-13H2,1H3,(H,21,24)(H,22,23). The van der Waals surface area contributed by atoms with Gasteiger partial charge in [-0.05, 0) is 36.6 Å². The molecule has 0 saturated heterocycles. The predicted octanol–water partition coefficient (Wildman–Crippen LogP) is 3.54. The number of carbonyl (C=O) groups is 2. The van der Waals surface area contributed by atoms with Crippen LogP contribution in [0.1, 0.15) is 35.7 Å². The molecule has 2 aromatic rings. The molecule has 5 heteroatoms. The van der Waals surface area contributed by atoms with Gasteiger partial charge < -0.3 is 10.6 Å². The van der Waals surface area contributed by atoms with Gasteiger partial charge in [-0.15, -0.1) is 0 Å². The van der Waals surface area contributed by atoms with Crippen molar-refractivity contribution in [1.82, 2.24) is 5.32 Å². The summed E-state index contributed by atoms with van der Waals surface area (Å²) in [5.41, 5.74) is 1.39. The first-order chi connectivity index (χ1) is 11.6. The van der Waals surface area contributed by atoms with Crippen LogP contribution in [0.3, 0.4) is 0 Å². The van der Waals surface area contributed by atoms with Crippen LogP contribution >= 0.6 is 0 Å². The molecule has 0 aliphatic rings. The van der Waals surface area contributed by atoms with Crippen LogP contribution in [0.25, 0.3) is 0 Å². The molecule has 2 rings (SSSR count). The summed E-state index contributed by atoms with van der Waals surface area (Å²) in [5.74, 6) is -0.791. The molecule has 0 aliphatic heterocycles. The fourth-order valence-corrected chi connectivity index (χ4v) is 2.29. The van der Waals surface area contributed by atoms with E-state index in [4.69, 9.17) is 0 Å². The van der Waals surface area contributed by atoms with Crippen LogP contribution in [0.2, 0.25) is 0 Å². The number of para-hydroxylation sites is 1. The van der Waals surface area contributed by atoms with Gasteiger partial charge in [0.05, 0.1) is 11.3 Å². The van der Waals surface area contributed by atoms with Gasteiger partial charge >= 0.3 is 0 Å². The lowest BCUT2D eigenvalue weighted by atomic mass is 10.1. The maximum Gasteiger partial charge on any atom is 0.253 e. The van der Waals surface area contributed by atoms with Crippen LogP contribution in [0.5, 0.6) is 0 Å². The average molecular weight is 328 g/mol. The van der Waals surface area contributed by atoms with Gasteiger partial charge in [0.2, 0.25) is 5.91 Å². The normalized spacial score (nSPS) is 10.2. The quantitative estimate of drug-likeness (QED) is 0.817. The number of hydrogen-bond acceptors (Lipinski definition) is 2. The Kier molecular flexibility index (Phi) is 6.49. The Morgan fingerprint density at radius 3 is 2.50 bits per heavy atom. The molecular formula is C19H21FN2O2. The van der Waals surface area contributed by atoms with E-state index in [1.807, 2.05) is 6.92 Å². The molecule has 0 fully saturated rings. The second kappa shape index (κ2) is 8.82. The van der Waals surface area contributed by atoms with E-state index in [9.17, 15) is 14.0 Å². The van der Waals surface area contributed by atoms with Crippen LogP contribution in [0, 0.1) is 5.82 Å². The minimum absolute atomic E-state index is 0.145. The van der Waals surface area contributed by atoms with Gasteiger partial charge in [-0.25, -0.2) is 4.39 Å². The maximum absolute atomic E-state index is 13.6. The summed E-state index contributed by atoms with van der Waals surface area (Å²) in [6.45, 7) is 2.55. The molecule has 2 aromatic carbocycles. The Labute approximate surface area is 141 Å². The lowest BCUT2D eigenvalue weighted by Gasteiger charge is -2.11. The minimum atomic E-state index is -0.315. The Morgan fingerprint density at radius 2 is 1.75 bits per heavy atom. The summed E-state index contributed by atoms with van der Waals surface area (Å²) < 4.78 is 13.6. The highest BCUT2D eigenvalue weighted by atomic mass is 19.1. The molecule has 0 unspecified atom stereocenters. The molecular weight excluding hydrogens is 307 g/mol. The maximum atomic E-state index is 13.6. The largest absolute Gasteiger partial charge is 0.352 e. The van der Waals surface area contributed by atoms with Gasteiger partial charge in [0.15, 0.2) is 0 Å². The van der Waals surface area contributed by atoms with Crippen molar-refractivity contribution in [3.8, 4) is 0 Å². The minimum Gasteiger partial charge on any atom is -0.352 e. The number of amides is 2. The zero-order valence-corrected chi connectivity index (χ0v) is 13.6. The summed E-state index contributed by atoms with van der Waals surface area (Å²) >= 11 is 0. The fourth-order valence-electron chi connectivity index (χ4n) is 2.29. The fraction of sp³-hybridized carbons (Fsp3) is 0.263. The summed E-state index contributed by atoms with van der Waals surface area (Å²) in [7, 11) is 0. The molecule has 0 heterocycles. The van der Waals surface area contributed by atoms with Gasteiger partial charge in [-0.2, -0.15) is 0 Å². The number of halogens is 1. The molecule has 0 bridgehead atoms. The zero-order valence-electron chi connectivity index (χ0n) is 13.6. The zero-order chi connectivity index (χ0) is 17.4. The molecule has 0 aromatic heterocycles. The van der Waals surface area contributed by atoms with Gasteiger partial charge in [0.25, 0.3) is 5.91 Å². The Morgan fingerprint density at radius 1 is 1.04 bits per heavy atom. The van der Waals surface area contributed by atoms with Crippen LogP contribution in [-0.4, -0.2) is 18.4 Å². The predicted molar refractivity (Wildman–Crippen MR) is 92.4 cm³/mol. The molecule has 126 valence electrons. The lowest BCUT2D eigenvalue weighted by Crippen LogP contribution is -2.25. The van der Waals surface area contributed by atoms with Gasteiger partial charge in [0, 0.05) is 13.0 Å². The third-order valence-corrected chi connectivity index (χ3v) is 3.56. The summed E-state index contributed by atoms with van der Waals surface area (Å²) in [6.07, 6.45) is 1.29. The highest BCUT2D eigenvalue weighted by Gasteiger charge is 2.13. The highest BCUT2D eigenvalue weighted by Crippen LogP contribution is 2.16. The number of nitrogens with one attached hydrogen (secondary N) is 2. The Balaban J connectivity index is 1.99. The van der Waals surface area contributed by atoms with E-state index < -0.39 is 0 Å². The first kappa shape index (κ1) is 17.7. The van der Waals surface area contributed by atoms with Gasteiger partial charge in [-0.3, -0.25) is 9.59 Å². The van der Waals surface area contributed by atoms with E-state index in [2.05, 4.69) is 10.6 Å². The molecule has 0 radical (unpaired) electrons. The smallest absolute Gasteiger partial charge is 0.253 e. The van der Waals surface area contributed by atoms with Crippen LogP contribution < -0.4 is 10.6 Å². The van der Waals surface area contributed by atoms with Crippen LogP contribution in [-0.2, 0) is 11.2 Å². The van der Waals surface area contributed by atoms with E-state index in [0.29, 0.717) is 29.8 Å². The molecule has 0 atom stereocenters. The van der Waals surface area contributed by atoms with Crippen molar-refractivity contribution in [1.29, 1.82) is 0 Å². The highest BCUT2D eigenvalue weighted by molar-refractivity contribution is 6.03. The molecule has 0 aliphatic carbocycles. The molecule has 0 saturated carbocycles. The number of rotatable bonds is 7. The topological polar surface area (TPSA) is 58.2 Å². The van der Waals surface area contributed by atoms with Crippen LogP contribution in [0.15, 0.2) is 48.5 Å². The Hall–Kier alpha value is -2.69. The summed E-state index contributed by atoms with van der Waals surface area (Å²) in [5, 5.41) is 5.52. The molecule has 0 spiro atoms. The van der Waals surface area contributed by atoms with Crippen molar-refractivity contribution >= 4 is 17.5 Å². The van der Waals surface area contributed by atoms with Crippen molar-refractivity contribution in [2.24, 2.45) is 0 Å². The van der Waals surface area contributed by atoms with E-state index >= 15 is 0 Å². The van der Waals surface area contributed by atoms with Crippen LogP contribution in [0.4, 0.5) is 10.1 Å². The van der Waals surface area contributed by atoms with Gasteiger partial charge in [-0.1, -0.05) is 37.3 Å². The van der Waals surface area contributed by atoms with Crippen molar-refractivity contribution < 1.29 is 14.0 Å². The second-order valence-corrected chi connectivity index (χ2v) is 5.44.